The smallest absolute Gasteiger partial charge is 0.316 e. The third kappa shape index (κ3) is 7.03. The van der Waals surface area contributed by atoms with Gasteiger partial charge in [0, 0.05) is 11.9 Å². The minimum Gasteiger partial charge on any atom is -0.467 e. The summed E-state index contributed by atoms with van der Waals surface area (Å²) in [7, 11) is 1.39. The molecule has 0 unspecified atom stereocenters. The molecule has 7 nitrogen and oxygen atoms in total. The molecule has 1 aromatic carbocycles. The summed E-state index contributed by atoms with van der Waals surface area (Å²) in [6.07, 6.45) is 1.48. The van der Waals surface area contributed by atoms with Gasteiger partial charge < -0.3 is 19.4 Å². The highest BCUT2D eigenvalue weighted by molar-refractivity contribution is 8.00. The molecule has 0 aliphatic rings. The normalized spacial score (nSPS) is 10.4. The number of amides is 2. The first-order chi connectivity index (χ1) is 13.3. The summed E-state index contributed by atoms with van der Waals surface area (Å²) >= 11 is 0.758. The van der Waals surface area contributed by atoms with Gasteiger partial charge in [0.05, 0.1) is 25.1 Å². The van der Waals surface area contributed by atoms with Crippen LogP contribution in [0.5, 0.6) is 0 Å². The van der Waals surface area contributed by atoms with Gasteiger partial charge in [0.2, 0.25) is 5.91 Å². The van der Waals surface area contributed by atoms with Gasteiger partial charge in [-0.1, -0.05) is 0 Å². The summed E-state index contributed by atoms with van der Waals surface area (Å²) in [6.45, 7) is -0.593. The Morgan fingerprint density at radius 3 is 2.75 bits per heavy atom. The fourth-order valence-electron chi connectivity index (χ4n) is 1.98. The predicted octanol–water partition coefficient (Wildman–Crippen LogP) is 1.97. The van der Waals surface area contributed by atoms with Crippen LogP contribution in [0.4, 0.5) is 8.78 Å². The largest absolute Gasteiger partial charge is 0.467 e. The number of ether oxygens (including phenoxy) is 1. The number of furan rings is 1. The van der Waals surface area contributed by atoms with Gasteiger partial charge in [-0.2, -0.15) is 0 Å². The van der Waals surface area contributed by atoms with Gasteiger partial charge in [0.25, 0.3) is 5.91 Å². The van der Waals surface area contributed by atoms with Crippen LogP contribution in [-0.2, 0) is 25.7 Å². The highest BCUT2D eigenvalue weighted by Gasteiger charge is 2.16. The Labute approximate surface area is 164 Å². The molecule has 0 atom stereocenters. The van der Waals surface area contributed by atoms with Crippen molar-refractivity contribution in [1.29, 1.82) is 0 Å². The fraction of sp³-hybridized carbons (Fsp3) is 0.278. The van der Waals surface area contributed by atoms with Crippen molar-refractivity contribution in [3.8, 4) is 0 Å². The van der Waals surface area contributed by atoms with E-state index in [1.807, 2.05) is 0 Å². The zero-order valence-corrected chi connectivity index (χ0v) is 15.8. The molecule has 1 aromatic heterocycles. The number of hydrogen-bond acceptors (Lipinski definition) is 6. The summed E-state index contributed by atoms with van der Waals surface area (Å²) in [4.78, 5) is 36.5. The molecule has 0 fully saturated rings. The van der Waals surface area contributed by atoms with Crippen LogP contribution in [0.1, 0.15) is 5.76 Å². The Balaban J connectivity index is 1.67. The zero-order chi connectivity index (χ0) is 20.5. The van der Waals surface area contributed by atoms with E-state index in [9.17, 15) is 23.2 Å². The maximum Gasteiger partial charge on any atom is 0.316 e. The molecule has 0 aliphatic heterocycles. The highest BCUT2D eigenvalue weighted by atomic mass is 32.2. The second-order valence-corrected chi connectivity index (χ2v) is 6.65. The first-order valence-corrected chi connectivity index (χ1v) is 9.10. The van der Waals surface area contributed by atoms with E-state index in [1.54, 1.807) is 12.1 Å². The number of thioether (sulfide) groups is 1. The monoisotopic (exact) mass is 412 g/mol. The van der Waals surface area contributed by atoms with Crippen molar-refractivity contribution >= 4 is 29.5 Å². The lowest BCUT2D eigenvalue weighted by molar-refractivity contribution is -0.149. The molecule has 1 heterocycles. The summed E-state index contributed by atoms with van der Waals surface area (Å²) in [6, 6.07) is 6.28. The number of hydrogen-bond donors (Lipinski definition) is 1. The molecule has 0 bridgehead atoms. The van der Waals surface area contributed by atoms with Crippen LogP contribution in [0.25, 0.3) is 0 Å². The minimum absolute atomic E-state index is 0.0337. The molecular weight excluding hydrogens is 394 g/mol. The van der Waals surface area contributed by atoms with Crippen molar-refractivity contribution in [2.24, 2.45) is 0 Å². The first-order valence-electron chi connectivity index (χ1n) is 8.11. The molecular formula is C18H18F2N2O5S. The number of nitrogens with one attached hydrogen (secondary N) is 1. The Kier molecular flexibility index (Phi) is 8.00. The number of carbonyl (C=O) groups excluding carboxylic acids is 3. The number of halogens is 2. The maximum absolute atomic E-state index is 13.5. The summed E-state index contributed by atoms with van der Waals surface area (Å²) < 4.78 is 36.4. The topological polar surface area (TPSA) is 88.8 Å². The molecule has 0 saturated heterocycles. The number of rotatable bonds is 9. The van der Waals surface area contributed by atoms with Gasteiger partial charge in [0.1, 0.15) is 17.4 Å². The molecule has 2 amide bonds. The quantitative estimate of drug-likeness (QED) is 0.500. The van der Waals surface area contributed by atoms with Crippen LogP contribution in [0.3, 0.4) is 0 Å². The standard InChI is InChI=1S/C18H18F2N2O5S/c1-22(9-16(23)21-8-13-3-2-6-26-13)17(24)10-27-18(25)11-28-15-7-12(19)4-5-14(15)20/h2-7H,8-11H2,1H3,(H,21,23). The number of likely N-dealkylation sites (N-methyl/N-ethyl adjacent to an activating group) is 1. The summed E-state index contributed by atoms with van der Waals surface area (Å²) in [5.41, 5.74) is 0. The maximum atomic E-state index is 13.5. The Hall–Kier alpha value is -2.88. The van der Waals surface area contributed by atoms with Crippen molar-refractivity contribution in [1.82, 2.24) is 10.2 Å². The summed E-state index contributed by atoms with van der Waals surface area (Å²) in [5.74, 6) is -2.75. The van der Waals surface area contributed by atoms with Gasteiger partial charge in [-0.05, 0) is 30.3 Å². The van der Waals surface area contributed by atoms with E-state index in [-0.39, 0.29) is 23.7 Å². The van der Waals surface area contributed by atoms with E-state index in [4.69, 9.17) is 9.15 Å². The molecule has 0 radical (unpaired) electrons. The highest BCUT2D eigenvalue weighted by Crippen LogP contribution is 2.22. The predicted molar refractivity (Wildman–Crippen MR) is 96.2 cm³/mol. The van der Waals surface area contributed by atoms with E-state index in [1.165, 1.54) is 13.3 Å². The van der Waals surface area contributed by atoms with Crippen LogP contribution in [0.15, 0.2) is 45.9 Å². The van der Waals surface area contributed by atoms with E-state index in [0.717, 1.165) is 34.9 Å². The minimum atomic E-state index is -0.766. The lowest BCUT2D eigenvalue weighted by Gasteiger charge is -2.16. The van der Waals surface area contributed by atoms with Crippen LogP contribution in [0, 0.1) is 11.6 Å². The SMILES string of the molecule is CN(CC(=O)NCc1ccco1)C(=O)COC(=O)CSc1cc(F)ccc1F. The molecule has 10 heteroatoms. The molecule has 1 N–H and O–H groups in total. The molecule has 0 aliphatic carbocycles. The Bertz CT molecular complexity index is 829. The van der Waals surface area contributed by atoms with E-state index >= 15 is 0 Å². The lowest BCUT2D eigenvalue weighted by atomic mass is 10.3. The second kappa shape index (κ2) is 10.5. The zero-order valence-electron chi connectivity index (χ0n) is 14.9. The molecule has 28 heavy (non-hydrogen) atoms. The van der Waals surface area contributed by atoms with Gasteiger partial charge in [-0.25, -0.2) is 8.78 Å². The third-order valence-electron chi connectivity index (χ3n) is 3.44. The van der Waals surface area contributed by atoms with Crippen molar-refractivity contribution in [2.75, 3.05) is 26.0 Å². The first kappa shape index (κ1) is 21.4. The van der Waals surface area contributed by atoms with Gasteiger partial charge in [0.15, 0.2) is 6.61 Å². The van der Waals surface area contributed by atoms with Crippen LogP contribution < -0.4 is 5.32 Å². The average Bonchev–Trinajstić information content (AvgIpc) is 3.18. The van der Waals surface area contributed by atoms with Crippen molar-refractivity contribution < 1.29 is 32.3 Å². The van der Waals surface area contributed by atoms with Crippen molar-refractivity contribution in [3.05, 3.63) is 54.0 Å². The average molecular weight is 412 g/mol. The molecule has 2 rings (SSSR count). The number of carbonyl (C=O) groups is 3. The van der Waals surface area contributed by atoms with Crippen molar-refractivity contribution in [3.63, 3.8) is 0 Å². The molecule has 150 valence electrons. The molecule has 2 aromatic rings. The van der Waals surface area contributed by atoms with Gasteiger partial charge in [-0.15, -0.1) is 11.8 Å². The lowest BCUT2D eigenvalue weighted by Crippen LogP contribution is -2.40. The van der Waals surface area contributed by atoms with Crippen LogP contribution in [0.2, 0.25) is 0 Å². The molecule has 0 saturated carbocycles. The number of benzene rings is 1. The second-order valence-electron chi connectivity index (χ2n) is 5.63. The third-order valence-corrected chi connectivity index (χ3v) is 4.45. The number of esters is 1. The Morgan fingerprint density at radius 2 is 2.04 bits per heavy atom. The van der Waals surface area contributed by atoms with Gasteiger partial charge >= 0.3 is 5.97 Å². The Morgan fingerprint density at radius 1 is 1.25 bits per heavy atom. The van der Waals surface area contributed by atoms with Crippen molar-refractivity contribution in [2.45, 2.75) is 11.4 Å². The van der Waals surface area contributed by atoms with E-state index in [2.05, 4.69) is 5.32 Å². The summed E-state index contributed by atoms with van der Waals surface area (Å²) in [5, 5.41) is 2.58. The van der Waals surface area contributed by atoms with Crippen LogP contribution in [-0.4, -0.2) is 48.6 Å². The fourth-order valence-corrected chi connectivity index (χ4v) is 2.74. The molecule has 0 spiro atoms. The van der Waals surface area contributed by atoms with E-state index in [0.29, 0.717) is 5.76 Å². The number of nitrogens with zero attached hydrogens (tertiary/aromatic N) is 1. The van der Waals surface area contributed by atoms with Gasteiger partial charge in [-0.3, -0.25) is 14.4 Å². The van der Waals surface area contributed by atoms with Crippen LogP contribution >= 0.6 is 11.8 Å². The van der Waals surface area contributed by atoms with E-state index < -0.39 is 36.0 Å².